The zero-order valence-electron chi connectivity index (χ0n) is 11.5. The molecule has 0 unspecified atom stereocenters. The van der Waals surface area contributed by atoms with Crippen molar-refractivity contribution in [2.45, 2.75) is 13.5 Å². The number of fused-ring (bicyclic) bond motifs is 1. The average molecular weight is 332 g/mol. The Morgan fingerprint density at radius 3 is 2.77 bits per heavy atom. The summed E-state index contributed by atoms with van der Waals surface area (Å²) in [6.07, 6.45) is 5.20. The number of carbonyl (C=O) groups excluding carboxylic acids is 1. The standard InChI is InChI=1S/C14H10ClN5OS/c1-8-16-5-12(22-8)19-6-9-7-20(18-13(9)14(19)21)10-2-3-11(15)17-4-10/h2-5,7H,6H2,1H3. The zero-order chi connectivity index (χ0) is 15.3. The molecule has 3 aromatic heterocycles. The lowest BCUT2D eigenvalue weighted by atomic mass is 10.3. The molecule has 0 saturated heterocycles. The molecule has 0 radical (unpaired) electrons. The van der Waals surface area contributed by atoms with Gasteiger partial charge < -0.3 is 0 Å². The fourth-order valence-electron chi connectivity index (χ4n) is 2.36. The summed E-state index contributed by atoms with van der Waals surface area (Å²) in [6, 6.07) is 3.50. The lowest BCUT2D eigenvalue weighted by Gasteiger charge is -2.12. The van der Waals surface area contributed by atoms with Gasteiger partial charge in [-0.2, -0.15) is 5.10 Å². The fraction of sp³-hybridized carbons (Fsp3) is 0.143. The van der Waals surface area contributed by atoms with E-state index in [0.29, 0.717) is 17.4 Å². The first-order chi connectivity index (χ1) is 10.6. The molecule has 0 saturated carbocycles. The van der Waals surface area contributed by atoms with Gasteiger partial charge in [0.05, 0.1) is 29.6 Å². The summed E-state index contributed by atoms with van der Waals surface area (Å²) >= 11 is 7.28. The molecular formula is C14H10ClN5OS. The first-order valence-electron chi connectivity index (χ1n) is 6.56. The minimum absolute atomic E-state index is 0.0978. The fourth-order valence-corrected chi connectivity index (χ4v) is 3.25. The number of halogens is 1. The van der Waals surface area contributed by atoms with Crippen molar-refractivity contribution >= 4 is 33.8 Å². The molecule has 3 aromatic rings. The maximum atomic E-state index is 12.5. The van der Waals surface area contributed by atoms with E-state index in [-0.39, 0.29) is 5.91 Å². The summed E-state index contributed by atoms with van der Waals surface area (Å²) in [5, 5.41) is 6.59. The van der Waals surface area contributed by atoms with Crippen molar-refractivity contribution in [2.24, 2.45) is 0 Å². The van der Waals surface area contributed by atoms with E-state index in [1.807, 2.05) is 19.2 Å². The van der Waals surface area contributed by atoms with Gasteiger partial charge in [0.1, 0.15) is 10.2 Å². The van der Waals surface area contributed by atoms with Gasteiger partial charge in [-0.05, 0) is 19.1 Å². The Morgan fingerprint density at radius 1 is 1.27 bits per heavy atom. The Bertz CT molecular complexity index is 870. The van der Waals surface area contributed by atoms with E-state index >= 15 is 0 Å². The van der Waals surface area contributed by atoms with Gasteiger partial charge in [0, 0.05) is 11.8 Å². The third kappa shape index (κ3) is 2.10. The number of amides is 1. The summed E-state index contributed by atoms with van der Waals surface area (Å²) in [7, 11) is 0. The molecule has 110 valence electrons. The zero-order valence-corrected chi connectivity index (χ0v) is 13.1. The predicted octanol–water partition coefficient (Wildman–Crippen LogP) is 2.85. The minimum Gasteiger partial charge on any atom is -0.292 e. The molecule has 0 fully saturated rings. The Balaban J connectivity index is 1.66. The number of nitrogens with zero attached hydrogens (tertiary/aromatic N) is 5. The number of carbonyl (C=O) groups is 1. The summed E-state index contributed by atoms with van der Waals surface area (Å²) in [6.45, 7) is 2.43. The third-order valence-electron chi connectivity index (χ3n) is 3.42. The third-order valence-corrected chi connectivity index (χ3v) is 4.58. The Morgan fingerprint density at radius 2 is 2.14 bits per heavy atom. The average Bonchev–Trinajstić information content (AvgIpc) is 3.17. The van der Waals surface area contributed by atoms with Crippen LogP contribution in [0.3, 0.4) is 0 Å². The number of thiazole rings is 1. The van der Waals surface area contributed by atoms with Gasteiger partial charge in [-0.25, -0.2) is 14.6 Å². The smallest absolute Gasteiger partial charge is 0.280 e. The molecule has 0 spiro atoms. The van der Waals surface area contributed by atoms with Crippen LogP contribution in [0.5, 0.6) is 0 Å². The highest BCUT2D eigenvalue weighted by molar-refractivity contribution is 7.15. The van der Waals surface area contributed by atoms with Crippen LogP contribution in [0.1, 0.15) is 21.1 Å². The maximum Gasteiger partial charge on any atom is 0.280 e. The molecule has 1 aliphatic rings. The number of rotatable bonds is 2. The quantitative estimate of drug-likeness (QED) is 0.677. The highest BCUT2D eigenvalue weighted by atomic mass is 35.5. The van der Waals surface area contributed by atoms with Gasteiger partial charge in [-0.1, -0.05) is 11.6 Å². The van der Waals surface area contributed by atoms with Crippen LogP contribution in [-0.2, 0) is 6.54 Å². The summed E-state index contributed by atoms with van der Waals surface area (Å²) in [4.78, 5) is 22.4. The van der Waals surface area contributed by atoms with Crippen molar-refractivity contribution in [3.05, 3.63) is 52.1 Å². The van der Waals surface area contributed by atoms with Crippen molar-refractivity contribution in [1.82, 2.24) is 19.7 Å². The SMILES string of the molecule is Cc1ncc(N2Cc3cn(-c4ccc(Cl)nc4)nc3C2=O)s1. The molecular weight excluding hydrogens is 322 g/mol. The Kier molecular flexibility index (Phi) is 2.98. The molecule has 0 atom stereocenters. The number of pyridine rings is 1. The molecule has 4 heterocycles. The molecule has 6 nitrogen and oxygen atoms in total. The van der Waals surface area contributed by atoms with Crippen molar-refractivity contribution in [2.75, 3.05) is 4.90 Å². The van der Waals surface area contributed by atoms with E-state index < -0.39 is 0 Å². The second kappa shape index (κ2) is 4.89. The van der Waals surface area contributed by atoms with Crippen molar-refractivity contribution < 1.29 is 4.79 Å². The number of hydrogen-bond donors (Lipinski definition) is 0. The summed E-state index contributed by atoms with van der Waals surface area (Å²) in [5.41, 5.74) is 2.14. The van der Waals surface area contributed by atoms with Crippen molar-refractivity contribution in [3.8, 4) is 5.69 Å². The molecule has 0 aliphatic carbocycles. The second-order valence-corrected chi connectivity index (χ2v) is 6.50. The molecule has 22 heavy (non-hydrogen) atoms. The molecule has 8 heteroatoms. The van der Waals surface area contributed by atoms with Gasteiger partial charge >= 0.3 is 0 Å². The van der Waals surface area contributed by atoms with Crippen LogP contribution in [0.4, 0.5) is 5.00 Å². The minimum atomic E-state index is -0.0978. The molecule has 0 N–H and O–H groups in total. The normalized spacial score (nSPS) is 13.7. The summed E-state index contributed by atoms with van der Waals surface area (Å²) in [5.74, 6) is -0.0978. The number of hydrogen-bond acceptors (Lipinski definition) is 5. The van der Waals surface area contributed by atoms with Crippen LogP contribution in [0.2, 0.25) is 5.15 Å². The van der Waals surface area contributed by atoms with Crippen LogP contribution in [0.15, 0.2) is 30.7 Å². The van der Waals surface area contributed by atoms with Gasteiger partial charge in [0.2, 0.25) is 0 Å². The highest BCUT2D eigenvalue weighted by Crippen LogP contribution is 2.31. The van der Waals surface area contributed by atoms with Crippen LogP contribution in [0.25, 0.3) is 5.69 Å². The predicted molar refractivity (Wildman–Crippen MR) is 83.7 cm³/mol. The number of aryl methyl sites for hydroxylation is 1. The van der Waals surface area contributed by atoms with Gasteiger partial charge in [-0.15, -0.1) is 11.3 Å². The van der Waals surface area contributed by atoms with E-state index in [9.17, 15) is 4.79 Å². The van der Waals surface area contributed by atoms with Gasteiger partial charge in [0.25, 0.3) is 5.91 Å². The molecule has 4 rings (SSSR count). The van der Waals surface area contributed by atoms with E-state index in [4.69, 9.17) is 11.6 Å². The van der Waals surface area contributed by atoms with E-state index in [2.05, 4.69) is 15.1 Å². The number of aromatic nitrogens is 4. The van der Waals surface area contributed by atoms with Crippen LogP contribution in [0, 0.1) is 6.92 Å². The maximum absolute atomic E-state index is 12.5. The van der Waals surface area contributed by atoms with Crippen LogP contribution in [-0.4, -0.2) is 25.7 Å². The van der Waals surface area contributed by atoms with Gasteiger partial charge in [0.15, 0.2) is 5.69 Å². The highest BCUT2D eigenvalue weighted by Gasteiger charge is 2.33. The molecule has 1 aliphatic heterocycles. The molecule has 0 aromatic carbocycles. The number of anilines is 1. The first kappa shape index (κ1) is 13.4. The Hall–Kier alpha value is -2.25. The lowest BCUT2D eigenvalue weighted by molar-refractivity contribution is 0.0992. The van der Waals surface area contributed by atoms with Crippen molar-refractivity contribution in [3.63, 3.8) is 0 Å². The van der Waals surface area contributed by atoms with Crippen LogP contribution < -0.4 is 4.90 Å². The Labute approximate surface area is 135 Å². The topological polar surface area (TPSA) is 63.9 Å². The van der Waals surface area contributed by atoms with E-state index in [1.165, 1.54) is 11.3 Å². The van der Waals surface area contributed by atoms with E-state index in [1.54, 1.807) is 28.0 Å². The lowest BCUT2D eigenvalue weighted by Crippen LogP contribution is -2.23. The largest absolute Gasteiger partial charge is 0.292 e. The first-order valence-corrected chi connectivity index (χ1v) is 7.76. The molecule has 1 amide bonds. The molecule has 0 bridgehead atoms. The van der Waals surface area contributed by atoms with Crippen LogP contribution >= 0.6 is 22.9 Å². The second-order valence-electron chi connectivity index (χ2n) is 4.90. The van der Waals surface area contributed by atoms with E-state index in [0.717, 1.165) is 21.3 Å². The van der Waals surface area contributed by atoms with Gasteiger partial charge in [-0.3, -0.25) is 9.69 Å². The van der Waals surface area contributed by atoms with Crippen molar-refractivity contribution in [1.29, 1.82) is 0 Å². The summed E-state index contributed by atoms with van der Waals surface area (Å²) < 4.78 is 1.65. The monoisotopic (exact) mass is 331 g/mol.